The molecular weight excluding hydrogens is 463 g/mol. The minimum Gasteiger partial charge on any atom is -0.488 e. The molecule has 3 heterocycles. The molecule has 9 heteroatoms. The summed E-state index contributed by atoms with van der Waals surface area (Å²) in [5.41, 5.74) is 2.61. The van der Waals surface area contributed by atoms with Gasteiger partial charge in [0.25, 0.3) is 5.79 Å². The van der Waals surface area contributed by atoms with Crippen molar-refractivity contribution in [3.8, 4) is 5.75 Å². The Morgan fingerprint density at radius 3 is 2.70 bits per heavy atom. The van der Waals surface area contributed by atoms with Crippen LogP contribution in [0, 0.1) is 5.82 Å². The van der Waals surface area contributed by atoms with Crippen molar-refractivity contribution in [1.29, 1.82) is 0 Å². The third kappa shape index (κ3) is 3.92. The second-order valence-electron chi connectivity index (χ2n) is 7.92. The van der Waals surface area contributed by atoms with Crippen molar-refractivity contribution in [1.82, 2.24) is 8.75 Å². The van der Waals surface area contributed by atoms with Crippen molar-refractivity contribution >= 4 is 45.6 Å². The number of cyclic esters (lactones) is 1. The van der Waals surface area contributed by atoms with E-state index in [1.54, 1.807) is 32.0 Å². The highest BCUT2D eigenvalue weighted by atomic mass is 32.1. The van der Waals surface area contributed by atoms with Crippen LogP contribution in [0.5, 0.6) is 5.75 Å². The summed E-state index contributed by atoms with van der Waals surface area (Å²) >= 11 is 2.57. The van der Waals surface area contributed by atoms with Crippen LogP contribution in [0.1, 0.15) is 29.9 Å². The maximum absolute atomic E-state index is 14.8. The Balaban J connectivity index is 1.66. The van der Waals surface area contributed by atoms with Crippen LogP contribution >= 0.6 is 23.1 Å². The van der Waals surface area contributed by atoms with Crippen LogP contribution in [0.3, 0.4) is 0 Å². The molecule has 5 rings (SSSR count). The zero-order valence-corrected chi connectivity index (χ0v) is 19.4. The van der Waals surface area contributed by atoms with Gasteiger partial charge < -0.3 is 14.6 Å². The lowest BCUT2D eigenvalue weighted by molar-refractivity contribution is -0.185. The van der Waals surface area contributed by atoms with Crippen molar-refractivity contribution in [3.05, 3.63) is 81.3 Å². The van der Waals surface area contributed by atoms with Crippen molar-refractivity contribution in [3.63, 3.8) is 0 Å². The van der Waals surface area contributed by atoms with Gasteiger partial charge in [0.15, 0.2) is 11.6 Å². The summed E-state index contributed by atoms with van der Waals surface area (Å²) in [6, 6.07) is 13.2. The van der Waals surface area contributed by atoms with E-state index in [1.165, 1.54) is 23.5 Å². The summed E-state index contributed by atoms with van der Waals surface area (Å²) in [7, 11) is 0. The molecule has 0 fully saturated rings. The van der Waals surface area contributed by atoms with Crippen LogP contribution in [-0.2, 0) is 21.7 Å². The summed E-state index contributed by atoms with van der Waals surface area (Å²) in [5, 5.41) is 13.6. The van der Waals surface area contributed by atoms with Crippen LogP contribution < -0.4 is 4.74 Å². The molecule has 1 unspecified atom stereocenters. The van der Waals surface area contributed by atoms with Crippen LogP contribution in [0.25, 0.3) is 16.6 Å². The predicted molar refractivity (Wildman–Crippen MR) is 125 cm³/mol. The average Bonchev–Trinajstić information content (AvgIpc) is 3.50. The molecule has 1 aliphatic heterocycles. The van der Waals surface area contributed by atoms with Gasteiger partial charge in [0, 0.05) is 22.4 Å². The fourth-order valence-electron chi connectivity index (χ4n) is 3.86. The van der Waals surface area contributed by atoms with E-state index >= 15 is 0 Å². The molecular formula is C24H19FN2O4S2. The van der Waals surface area contributed by atoms with E-state index in [0.717, 1.165) is 22.7 Å². The molecule has 0 saturated heterocycles. The van der Waals surface area contributed by atoms with Gasteiger partial charge in [-0.25, -0.2) is 9.18 Å². The van der Waals surface area contributed by atoms with E-state index in [0.29, 0.717) is 22.2 Å². The highest BCUT2D eigenvalue weighted by Gasteiger charge is 2.48. The maximum Gasteiger partial charge on any atom is 0.342 e. The van der Waals surface area contributed by atoms with Crippen molar-refractivity contribution in [2.45, 2.75) is 32.2 Å². The number of fused-ring (bicyclic) bond motifs is 1. The summed E-state index contributed by atoms with van der Waals surface area (Å²) in [6.07, 6.45) is 0.0443. The van der Waals surface area contributed by atoms with E-state index < -0.39 is 17.6 Å². The molecule has 4 aromatic rings. The highest BCUT2D eigenvalue weighted by Crippen LogP contribution is 2.45. The summed E-state index contributed by atoms with van der Waals surface area (Å²) in [5.74, 6) is -3.39. The first-order chi connectivity index (χ1) is 15.8. The minimum absolute atomic E-state index is 0.0622. The molecule has 1 aliphatic rings. The lowest BCUT2D eigenvalue weighted by Crippen LogP contribution is -2.30. The standard InChI is InChI=1S/C24H19FN2O4S2/c1-13(2)30-21-8-6-15(11-18(21)25)24(29)17(12-16-4-3-9-32-16)22(23(28)31-24)14-5-7-19-20(10-14)27-33-26-19/h3-11,13,29H,12H2,1-2H3. The van der Waals surface area contributed by atoms with Gasteiger partial charge in [-0.1, -0.05) is 12.1 Å². The van der Waals surface area contributed by atoms with Crippen molar-refractivity contribution in [2.24, 2.45) is 0 Å². The SMILES string of the molecule is CC(C)Oc1ccc(C2(O)OC(=O)C(c3ccc4nsnc4c3)=C2Cc2cccs2)cc1F. The first-order valence-corrected chi connectivity index (χ1v) is 11.9. The van der Waals surface area contributed by atoms with Crippen LogP contribution in [-0.4, -0.2) is 25.9 Å². The fourth-order valence-corrected chi connectivity index (χ4v) is 5.09. The van der Waals surface area contributed by atoms with E-state index in [-0.39, 0.29) is 29.4 Å². The van der Waals surface area contributed by atoms with E-state index in [4.69, 9.17) is 9.47 Å². The van der Waals surface area contributed by atoms with Crippen molar-refractivity contribution in [2.75, 3.05) is 0 Å². The fraction of sp³-hybridized carbons (Fsp3) is 0.208. The number of benzene rings is 2. The summed E-state index contributed by atoms with van der Waals surface area (Å²) in [6.45, 7) is 3.59. The molecule has 2 aromatic carbocycles. The second kappa shape index (κ2) is 8.33. The Labute approximate surface area is 197 Å². The number of aromatic nitrogens is 2. The Morgan fingerprint density at radius 2 is 1.97 bits per heavy atom. The normalized spacial score (nSPS) is 18.4. The van der Waals surface area contributed by atoms with Gasteiger partial charge in [0.1, 0.15) is 11.0 Å². The number of nitrogens with zero attached hydrogens (tertiary/aromatic N) is 2. The topological polar surface area (TPSA) is 81.5 Å². The number of hydrogen-bond donors (Lipinski definition) is 1. The van der Waals surface area contributed by atoms with Gasteiger partial charge in [-0.15, -0.1) is 11.3 Å². The van der Waals surface area contributed by atoms with Gasteiger partial charge in [0.2, 0.25) is 0 Å². The average molecular weight is 483 g/mol. The minimum atomic E-state index is -2.12. The molecule has 168 valence electrons. The Morgan fingerprint density at radius 1 is 1.15 bits per heavy atom. The Hall–Kier alpha value is -3.14. The van der Waals surface area contributed by atoms with Crippen LogP contribution in [0.15, 0.2) is 59.5 Å². The molecule has 0 bridgehead atoms. The number of rotatable bonds is 6. The summed E-state index contributed by atoms with van der Waals surface area (Å²) < 4.78 is 34.2. The number of carbonyl (C=O) groups excluding carboxylic acids is 1. The Kier molecular flexibility index (Phi) is 5.48. The highest BCUT2D eigenvalue weighted by molar-refractivity contribution is 7.09. The molecule has 0 saturated carbocycles. The van der Waals surface area contributed by atoms with Crippen molar-refractivity contribution < 1.29 is 23.8 Å². The number of carbonyl (C=O) groups is 1. The van der Waals surface area contributed by atoms with Crippen LogP contribution in [0.4, 0.5) is 4.39 Å². The Bertz CT molecular complexity index is 1380. The number of thiophene rings is 1. The number of aliphatic hydroxyl groups is 1. The first kappa shape index (κ1) is 21.7. The monoisotopic (exact) mass is 482 g/mol. The number of esters is 1. The van der Waals surface area contributed by atoms with Gasteiger partial charge in [-0.3, -0.25) is 0 Å². The van der Waals surface area contributed by atoms with Gasteiger partial charge in [0.05, 0.1) is 23.4 Å². The zero-order chi connectivity index (χ0) is 23.2. The van der Waals surface area contributed by atoms with Gasteiger partial charge in [-0.2, -0.15) is 8.75 Å². The van der Waals surface area contributed by atoms with E-state index in [2.05, 4.69) is 8.75 Å². The number of ether oxygens (including phenoxy) is 2. The first-order valence-electron chi connectivity index (χ1n) is 10.3. The zero-order valence-electron chi connectivity index (χ0n) is 17.7. The van der Waals surface area contributed by atoms with E-state index in [9.17, 15) is 14.3 Å². The molecule has 2 aromatic heterocycles. The second-order valence-corrected chi connectivity index (χ2v) is 9.48. The van der Waals surface area contributed by atoms with Gasteiger partial charge >= 0.3 is 5.97 Å². The predicted octanol–water partition coefficient (Wildman–Crippen LogP) is 5.08. The third-order valence-corrected chi connectivity index (χ3v) is 6.75. The summed E-state index contributed by atoms with van der Waals surface area (Å²) in [4.78, 5) is 14.0. The molecule has 0 radical (unpaired) electrons. The largest absolute Gasteiger partial charge is 0.488 e. The maximum atomic E-state index is 14.8. The lowest BCUT2D eigenvalue weighted by Gasteiger charge is -2.26. The van der Waals surface area contributed by atoms with Gasteiger partial charge in [-0.05, 0) is 61.2 Å². The smallest absolute Gasteiger partial charge is 0.342 e. The molecule has 0 amide bonds. The molecule has 1 atom stereocenters. The third-order valence-electron chi connectivity index (χ3n) is 5.31. The van der Waals surface area contributed by atoms with E-state index in [1.807, 2.05) is 17.5 Å². The molecule has 1 N–H and O–H groups in total. The quantitative estimate of drug-likeness (QED) is 0.386. The van der Waals surface area contributed by atoms with Crippen LogP contribution in [0.2, 0.25) is 0 Å². The molecule has 33 heavy (non-hydrogen) atoms. The molecule has 6 nitrogen and oxygen atoms in total. The molecule has 0 spiro atoms. The molecule has 0 aliphatic carbocycles. The number of hydrogen-bond acceptors (Lipinski definition) is 8. The number of halogens is 1. The lowest BCUT2D eigenvalue weighted by atomic mass is 9.89.